The van der Waals surface area contributed by atoms with Crippen LogP contribution in [0.25, 0.3) is 0 Å². The molecule has 2 heteroatoms. The minimum atomic E-state index is 0.238. The third kappa shape index (κ3) is 6.39. The lowest BCUT2D eigenvalue weighted by Crippen LogP contribution is -2.43. The van der Waals surface area contributed by atoms with E-state index in [2.05, 4.69) is 66.4 Å². The Labute approximate surface area is 165 Å². The van der Waals surface area contributed by atoms with Crippen LogP contribution in [0.4, 0.5) is 0 Å². The second-order valence-electron chi connectivity index (χ2n) is 7.79. The predicted octanol–water partition coefficient (Wildman–Crippen LogP) is 6.44. The fourth-order valence-corrected chi connectivity index (χ4v) is 4.00. The second kappa shape index (κ2) is 11.1. The Bertz CT molecular complexity index is 654. The van der Waals surface area contributed by atoms with Gasteiger partial charge < -0.3 is 4.74 Å². The van der Waals surface area contributed by atoms with E-state index in [9.17, 15) is 0 Å². The molecule has 0 N–H and O–H groups in total. The summed E-state index contributed by atoms with van der Waals surface area (Å²) in [6, 6.07) is 19.3. The molecule has 2 nitrogen and oxygen atoms in total. The number of unbranched alkanes of at least 4 members (excludes halogenated alkanes) is 4. The summed E-state index contributed by atoms with van der Waals surface area (Å²) < 4.78 is 6.58. The highest BCUT2D eigenvalue weighted by Crippen LogP contribution is 2.27. The summed E-state index contributed by atoms with van der Waals surface area (Å²) in [5, 5.41) is 0. The van der Waals surface area contributed by atoms with Crippen molar-refractivity contribution in [2.75, 3.05) is 13.1 Å². The first-order valence-electron chi connectivity index (χ1n) is 10.9. The third-order valence-corrected chi connectivity index (χ3v) is 5.58. The topological polar surface area (TPSA) is 12.5 Å². The fourth-order valence-electron chi connectivity index (χ4n) is 4.00. The van der Waals surface area contributed by atoms with Crippen LogP contribution in [0, 0.1) is 0 Å². The van der Waals surface area contributed by atoms with Crippen LogP contribution in [0.5, 0.6) is 5.75 Å². The molecule has 0 saturated carbocycles. The number of rotatable bonds is 10. The summed E-state index contributed by atoms with van der Waals surface area (Å²) in [4.78, 5) is 2.58. The van der Waals surface area contributed by atoms with E-state index in [1.807, 2.05) is 0 Å². The highest BCUT2D eigenvalue weighted by molar-refractivity contribution is 5.37. The summed E-state index contributed by atoms with van der Waals surface area (Å²) in [7, 11) is 0. The van der Waals surface area contributed by atoms with Gasteiger partial charge in [0.25, 0.3) is 0 Å². The zero-order chi connectivity index (χ0) is 18.7. The molecule has 27 heavy (non-hydrogen) atoms. The fraction of sp³-hybridized carbons (Fsp3) is 0.520. The van der Waals surface area contributed by atoms with E-state index < -0.39 is 0 Å². The Hall–Kier alpha value is -1.80. The van der Waals surface area contributed by atoms with Gasteiger partial charge in [-0.05, 0) is 42.9 Å². The number of nitrogens with zero attached hydrogens (tertiary/aromatic N) is 1. The molecule has 2 aromatic carbocycles. The summed E-state index contributed by atoms with van der Waals surface area (Å²) in [5.41, 5.74) is 2.63. The molecule has 146 valence electrons. The highest BCUT2D eigenvalue weighted by atomic mass is 16.5. The lowest BCUT2D eigenvalue weighted by molar-refractivity contribution is -0.00526. The minimum Gasteiger partial charge on any atom is -0.475 e. The second-order valence-corrected chi connectivity index (χ2v) is 7.79. The van der Waals surface area contributed by atoms with Crippen LogP contribution in [0.3, 0.4) is 0 Å². The van der Waals surface area contributed by atoms with Crippen molar-refractivity contribution < 1.29 is 4.74 Å². The van der Waals surface area contributed by atoms with Crippen molar-refractivity contribution >= 4 is 0 Å². The maximum atomic E-state index is 6.58. The number of hydrogen-bond donors (Lipinski definition) is 0. The molecule has 0 spiro atoms. The average Bonchev–Trinajstić information content (AvgIpc) is 2.71. The summed E-state index contributed by atoms with van der Waals surface area (Å²) in [5.74, 6) is 1.06. The molecular formula is C25H35NO. The normalized spacial score (nSPS) is 17.7. The van der Waals surface area contributed by atoms with Crippen molar-refractivity contribution in [1.29, 1.82) is 0 Å². The lowest BCUT2D eigenvalue weighted by Gasteiger charge is -2.36. The van der Waals surface area contributed by atoms with Crippen LogP contribution in [0.1, 0.15) is 69.4 Å². The minimum absolute atomic E-state index is 0.238. The SMILES string of the molecule is CCCCCCCN1CCCCC1Oc1ccccc1Cc1ccccc1. The van der Waals surface area contributed by atoms with Gasteiger partial charge in [-0.1, -0.05) is 81.1 Å². The molecule has 1 heterocycles. The Morgan fingerprint density at radius 3 is 2.52 bits per heavy atom. The number of benzene rings is 2. The smallest absolute Gasteiger partial charge is 0.152 e. The van der Waals surface area contributed by atoms with Gasteiger partial charge in [-0.3, -0.25) is 4.90 Å². The average molecular weight is 366 g/mol. The van der Waals surface area contributed by atoms with Crippen LogP contribution in [-0.4, -0.2) is 24.2 Å². The monoisotopic (exact) mass is 365 g/mol. The summed E-state index contributed by atoms with van der Waals surface area (Å²) in [6.45, 7) is 4.63. The van der Waals surface area contributed by atoms with Crippen LogP contribution in [-0.2, 0) is 6.42 Å². The van der Waals surface area contributed by atoms with Crippen LogP contribution in [0.2, 0.25) is 0 Å². The van der Waals surface area contributed by atoms with Gasteiger partial charge in [0.05, 0.1) is 0 Å². The molecule has 0 aromatic heterocycles. The number of hydrogen-bond acceptors (Lipinski definition) is 2. The molecule has 1 saturated heterocycles. The zero-order valence-electron chi connectivity index (χ0n) is 16.9. The van der Waals surface area contributed by atoms with Crippen LogP contribution >= 0.6 is 0 Å². The largest absolute Gasteiger partial charge is 0.475 e. The summed E-state index contributed by atoms with van der Waals surface area (Å²) in [6.07, 6.45) is 11.6. The first kappa shape index (κ1) is 19.9. The molecule has 1 aliphatic rings. The zero-order valence-corrected chi connectivity index (χ0v) is 16.9. The van der Waals surface area contributed by atoms with Gasteiger partial charge in [-0.15, -0.1) is 0 Å². The van der Waals surface area contributed by atoms with Gasteiger partial charge in [0, 0.05) is 19.5 Å². The predicted molar refractivity (Wildman–Crippen MR) is 114 cm³/mol. The van der Waals surface area contributed by atoms with E-state index in [4.69, 9.17) is 4.74 Å². The quantitative estimate of drug-likeness (QED) is 0.449. The molecule has 3 rings (SSSR count). The van der Waals surface area contributed by atoms with Crippen molar-refractivity contribution in [1.82, 2.24) is 4.90 Å². The van der Waals surface area contributed by atoms with E-state index in [0.717, 1.165) is 18.6 Å². The van der Waals surface area contributed by atoms with Gasteiger partial charge in [0.15, 0.2) is 6.23 Å². The molecule has 1 aliphatic heterocycles. The molecule has 0 aliphatic carbocycles. The molecular weight excluding hydrogens is 330 g/mol. The van der Waals surface area contributed by atoms with E-state index in [0.29, 0.717) is 0 Å². The van der Waals surface area contributed by atoms with E-state index in [-0.39, 0.29) is 6.23 Å². The Morgan fingerprint density at radius 1 is 0.889 bits per heavy atom. The van der Waals surface area contributed by atoms with Crippen LogP contribution < -0.4 is 4.74 Å². The molecule has 1 fully saturated rings. The highest BCUT2D eigenvalue weighted by Gasteiger charge is 2.24. The Balaban J connectivity index is 1.60. The maximum absolute atomic E-state index is 6.58. The van der Waals surface area contributed by atoms with Gasteiger partial charge >= 0.3 is 0 Å². The van der Waals surface area contributed by atoms with E-state index in [1.165, 1.54) is 69.2 Å². The Kier molecular flexibility index (Phi) is 8.23. The van der Waals surface area contributed by atoms with Crippen molar-refractivity contribution in [2.24, 2.45) is 0 Å². The molecule has 1 unspecified atom stereocenters. The molecule has 0 radical (unpaired) electrons. The lowest BCUT2D eigenvalue weighted by atomic mass is 10.0. The molecule has 1 atom stereocenters. The maximum Gasteiger partial charge on any atom is 0.152 e. The van der Waals surface area contributed by atoms with Crippen molar-refractivity contribution in [3.63, 3.8) is 0 Å². The van der Waals surface area contributed by atoms with Gasteiger partial charge in [-0.2, -0.15) is 0 Å². The Morgan fingerprint density at radius 2 is 1.67 bits per heavy atom. The van der Waals surface area contributed by atoms with E-state index >= 15 is 0 Å². The van der Waals surface area contributed by atoms with Crippen molar-refractivity contribution in [3.05, 3.63) is 65.7 Å². The van der Waals surface area contributed by atoms with Crippen LogP contribution in [0.15, 0.2) is 54.6 Å². The summed E-state index contributed by atoms with van der Waals surface area (Å²) >= 11 is 0. The molecule has 0 bridgehead atoms. The number of ether oxygens (including phenoxy) is 1. The number of para-hydroxylation sites is 1. The molecule has 2 aromatic rings. The first-order valence-corrected chi connectivity index (χ1v) is 10.9. The molecule has 0 amide bonds. The number of piperidine rings is 1. The van der Waals surface area contributed by atoms with Crippen molar-refractivity contribution in [3.8, 4) is 5.75 Å². The van der Waals surface area contributed by atoms with E-state index in [1.54, 1.807) is 0 Å². The van der Waals surface area contributed by atoms with Gasteiger partial charge in [0.2, 0.25) is 0 Å². The van der Waals surface area contributed by atoms with Gasteiger partial charge in [0.1, 0.15) is 5.75 Å². The number of likely N-dealkylation sites (tertiary alicyclic amines) is 1. The van der Waals surface area contributed by atoms with Gasteiger partial charge in [-0.25, -0.2) is 0 Å². The third-order valence-electron chi connectivity index (χ3n) is 5.58. The first-order chi connectivity index (χ1) is 13.4. The standard InChI is InChI=1S/C25H35NO/c1-2-3-4-5-12-19-26-20-13-11-18-25(26)27-24-17-10-9-16-23(24)21-22-14-7-6-8-15-22/h6-10,14-17,25H,2-5,11-13,18-21H2,1H3. The van der Waals surface area contributed by atoms with Crippen molar-refractivity contribution in [2.45, 2.75) is 70.9 Å².